The maximum absolute atomic E-state index is 11.5. The highest BCUT2D eigenvalue weighted by Gasteiger charge is 2.48. The molecule has 0 aliphatic carbocycles. The lowest BCUT2D eigenvalue weighted by atomic mass is 10.0. The smallest absolute Gasteiger partial charge is 0.308 e. The maximum atomic E-state index is 11.5. The van der Waals surface area contributed by atoms with Crippen molar-refractivity contribution in [2.45, 2.75) is 149 Å². The third-order valence-electron chi connectivity index (χ3n) is 9.87. The predicted octanol–water partition coefficient (Wildman–Crippen LogP) is 8.67. The molecule has 0 aromatic heterocycles. The Hall–Kier alpha value is -0.610. The van der Waals surface area contributed by atoms with Gasteiger partial charge in [0, 0.05) is 0 Å². The van der Waals surface area contributed by atoms with Gasteiger partial charge in [0.2, 0.25) is 0 Å². The van der Waals surface area contributed by atoms with E-state index in [1.165, 1.54) is 183 Å². The summed E-state index contributed by atoms with van der Waals surface area (Å²) in [6.45, 7) is 18.3. The second-order valence-electron chi connectivity index (χ2n) is 13.5. The second kappa shape index (κ2) is 20.3. The molecule has 4 heteroatoms. The van der Waals surface area contributed by atoms with Crippen LogP contribution in [0.1, 0.15) is 149 Å². The monoisotopic (exact) mass is 537 g/mol. The van der Waals surface area contributed by atoms with E-state index in [4.69, 9.17) is 4.74 Å². The minimum atomic E-state index is -0.0517. The minimum Gasteiger partial charge on any atom is -0.465 e. The number of nitrogens with zero attached hydrogens (tertiary/aromatic N) is 2. The van der Waals surface area contributed by atoms with Gasteiger partial charge in [0.15, 0.2) is 0 Å². The summed E-state index contributed by atoms with van der Waals surface area (Å²) in [5.41, 5.74) is 0. The van der Waals surface area contributed by atoms with E-state index >= 15 is 0 Å². The number of fused-ring (bicyclic) bond motifs is 3. The van der Waals surface area contributed by atoms with E-state index in [2.05, 4.69) is 6.92 Å². The number of ether oxygens (including phenoxy) is 1. The molecule has 3 aliphatic heterocycles. The SMILES string of the molecule is CCCCCCCCCCCCCCCC[N+]12CC[N+](CCCCCCCCOC(=O)C(C)C)(CC1)CC2. The van der Waals surface area contributed by atoms with E-state index < -0.39 is 0 Å². The highest BCUT2D eigenvalue weighted by atomic mass is 16.5. The number of quaternary nitrogens is 2. The number of carbonyl (C=O) groups is 1. The van der Waals surface area contributed by atoms with Gasteiger partial charge in [-0.1, -0.05) is 117 Å². The van der Waals surface area contributed by atoms with Gasteiger partial charge in [-0.05, 0) is 32.1 Å². The Bertz CT molecular complexity index is 567. The lowest BCUT2D eigenvalue weighted by Gasteiger charge is -2.55. The zero-order chi connectivity index (χ0) is 27.4. The quantitative estimate of drug-likeness (QED) is 0.0663. The normalized spacial score (nSPS) is 22.8. The lowest BCUT2D eigenvalue weighted by Crippen LogP contribution is -2.75. The molecule has 0 aromatic carbocycles. The van der Waals surface area contributed by atoms with Crippen molar-refractivity contribution in [1.29, 1.82) is 0 Å². The van der Waals surface area contributed by atoms with Gasteiger partial charge in [0.25, 0.3) is 0 Å². The molecular formula is C34H68N2O2+2. The molecule has 3 saturated heterocycles. The molecule has 0 aromatic rings. The molecule has 38 heavy (non-hydrogen) atoms. The van der Waals surface area contributed by atoms with Crippen LogP contribution in [0.4, 0.5) is 0 Å². The summed E-state index contributed by atoms with van der Waals surface area (Å²) in [5.74, 6) is -0.0516. The summed E-state index contributed by atoms with van der Waals surface area (Å²) >= 11 is 0. The topological polar surface area (TPSA) is 26.3 Å². The lowest BCUT2D eigenvalue weighted by molar-refractivity contribution is -1.08. The molecule has 3 rings (SSSR count). The fourth-order valence-electron chi connectivity index (χ4n) is 6.85. The van der Waals surface area contributed by atoms with Crippen molar-refractivity contribution >= 4 is 5.97 Å². The van der Waals surface area contributed by atoms with Crippen LogP contribution in [0.2, 0.25) is 0 Å². The summed E-state index contributed by atoms with van der Waals surface area (Å²) in [6.07, 6.45) is 28.1. The van der Waals surface area contributed by atoms with Crippen LogP contribution < -0.4 is 0 Å². The average molecular weight is 537 g/mol. The Morgan fingerprint density at radius 3 is 1.18 bits per heavy atom. The summed E-state index contributed by atoms with van der Waals surface area (Å²) in [7, 11) is 0. The number of hydrogen-bond acceptors (Lipinski definition) is 2. The number of rotatable bonds is 25. The molecule has 224 valence electrons. The van der Waals surface area contributed by atoms with E-state index in [1.54, 1.807) is 0 Å². The molecule has 3 heterocycles. The van der Waals surface area contributed by atoms with E-state index in [0.717, 1.165) is 6.42 Å². The first-order valence-corrected chi connectivity index (χ1v) is 17.4. The molecule has 0 radical (unpaired) electrons. The van der Waals surface area contributed by atoms with E-state index in [0.29, 0.717) is 6.61 Å². The molecule has 4 nitrogen and oxygen atoms in total. The molecule has 3 fully saturated rings. The van der Waals surface area contributed by atoms with Gasteiger partial charge in [-0.3, -0.25) is 4.79 Å². The van der Waals surface area contributed by atoms with Gasteiger partial charge in [0.05, 0.1) is 25.6 Å². The number of carbonyl (C=O) groups excluding carboxylic acids is 1. The van der Waals surface area contributed by atoms with Gasteiger partial charge in [-0.25, -0.2) is 0 Å². The largest absolute Gasteiger partial charge is 0.465 e. The van der Waals surface area contributed by atoms with Crippen molar-refractivity contribution in [2.24, 2.45) is 5.92 Å². The molecule has 0 unspecified atom stereocenters. The molecule has 2 bridgehead atoms. The molecule has 0 N–H and O–H groups in total. The number of esters is 1. The maximum Gasteiger partial charge on any atom is 0.308 e. The van der Waals surface area contributed by atoms with Crippen LogP contribution >= 0.6 is 0 Å². The number of piperazine rings is 3. The third-order valence-corrected chi connectivity index (χ3v) is 9.87. The van der Waals surface area contributed by atoms with Gasteiger partial charge >= 0.3 is 5.97 Å². The average Bonchev–Trinajstić information content (AvgIpc) is 2.93. The molecule has 0 atom stereocenters. The first-order valence-electron chi connectivity index (χ1n) is 17.4. The van der Waals surface area contributed by atoms with Crippen LogP contribution in [0.3, 0.4) is 0 Å². The molecule has 0 saturated carbocycles. The Balaban J connectivity index is 1.38. The summed E-state index contributed by atoms with van der Waals surface area (Å²) in [5, 5.41) is 0. The molecule has 0 spiro atoms. The first kappa shape index (κ1) is 33.6. The zero-order valence-corrected chi connectivity index (χ0v) is 26.3. The van der Waals surface area contributed by atoms with Crippen molar-refractivity contribution in [1.82, 2.24) is 0 Å². The summed E-state index contributed by atoms with van der Waals surface area (Å²) in [6, 6.07) is 0. The van der Waals surface area contributed by atoms with Crippen LogP contribution in [-0.2, 0) is 9.53 Å². The minimum absolute atomic E-state index is 0.0000897. The summed E-state index contributed by atoms with van der Waals surface area (Å²) < 4.78 is 8.17. The van der Waals surface area contributed by atoms with Crippen LogP contribution in [0.15, 0.2) is 0 Å². The Kier molecular flexibility index (Phi) is 17.9. The fraction of sp³-hybridized carbons (Fsp3) is 0.971. The van der Waals surface area contributed by atoms with Gasteiger partial charge < -0.3 is 13.7 Å². The van der Waals surface area contributed by atoms with Crippen molar-refractivity contribution in [3.8, 4) is 0 Å². The van der Waals surface area contributed by atoms with Crippen LogP contribution in [0, 0.1) is 5.92 Å². The van der Waals surface area contributed by atoms with Crippen LogP contribution in [-0.4, -0.2) is 73.9 Å². The first-order chi connectivity index (χ1) is 18.5. The zero-order valence-electron chi connectivity index (χ0n) is 26.3. The van der Waals surface area contributed by atoms with E-state index in [9.17, 15) is 4.79 Å². The predicted molar refractivity (Wildman–Crippen MR) is 163 cm³/mol. The van der Waals surface area contributed by atoms with Crippen molar-refractivity contribution < 1.29 is 18.5 Å². The second-order valence-corrected chi connectivity index (χ2v) is 13.5. The molecular weight excluding hydrogens is 468 g/mol. The van der Waals surface area contributed by atoms with Gasteiger partial charge in [0.1, 0.15) is 39.3 Å². The van der Waals surface area contributed by atoms with Gasteiger partial charge in [-0.15, -0.1) is 0 Å². The standard InChI is InChI=1S/C34H68N2O2/c1-4-5-6-7-8-9-10-11-12-13-14-15-18-21-24-35-26-29-36(30-27-35,31-28-35)25-22-19-16-17-20-23-32-38-34(37)33(2)3/h33H,4-32H2,1-3H3/q+2. The summed E-state index contributed by atoms with van der Waals surface area (Å²) in [4.78, 5) is 11.5. The number of hydrogen-bond donors (Lipinski definition) is 0. The Morgan fingerprint density at radius 1 is 0.526 bits per heavy atom. The van der Waals surface area contributed by atoms with Crippen LogP contribution in [0.25, 0.3) is 0 Å². The highest BCUT2D eigenvalue weighted by molar-refractivity contribution is 5.71. The van der Waals surface area contributed by atoms with E-state index in [-0.39, 0.29) is 11.9 Å². The van der Waals surface area contributed by atoms with Crippen molar-refractivity contribution in [3.63, 3.8) is 0 Å². The fourth-order valence-corrected chi connectivity index (χ4v) is 6.85. The van der Waals surface area contributed by atoms with E-state index in [1.807, 2.05) is 13.8 Å². The highest BCUT2D eigenvalue weighted by Crippen LogP contribution is 2.28. The molecule has 0 amide bonds. The Morgan fingerprint density at radius 2 is 0.842 bits per heavy atom. The number of unbranched alkanes of at least 4 members (excludes halogenated alkanes) is 18. The molecule has 3 aliphatic rings. The van der Waals surface area contributed by atoms with Crippen LogP contribution in [0.5, 0.6) is 0 Å². The third kappa shape index (κ3) is 14.1. The van der Waals surface area contributed by atoms with Gasteiger partial charge in [-0.2, -0.15) is 0 Å². The Labute approximate surface area is 238 Å². The van der Waals surface area contributed by atoms with Crippen molar-refractivity contribution in [3.05, 3.63) is 0 Å². The van der Waals surface area contributed by atoms with Crippen molar-refractivity contribution in [2.75, 3.05) is 59.0 Å².